The number of anilines is 1. The highest BCUT2D eigenvalue weighted by Gasteiger charge is 2.35. The molecule has 2 N–H and O–H groups in total. The van der Waals surface area contributed by atoms with E-state index in [4.69, 9.17) is 35.3 Å². The number of hydrogen-bond donors (Lipinski definition) is 2. The monoisotopic (exact) mass is 673 g/mol. The van der Waals surface area contributed by atoms with Gasteiger partial charge in [0.2, 0.25) is 12.1 Å². The van der Waals surface area contributed by atoms with Gasteiger partial charge in [-0.3, -0.25) is 15.0 Å². The van der Waals surface area contributed by atoms with E-state index in [1.165, 1.54) is 43.5 Å². The second kappa shape index (κ2) is 14.7. The molecule has 1 aliphatic rings. The predicted octanol–water partition coefficient (Wildman–Crippen LogP) is 5.11. The maximum atomic E-state index is 13.7. The van der Waals surface area contributed by atoms with Crippen LogP contribution in [0, 0.1) is 0 Å². The molecule has 246 valence electrons. The number of rotatable bonds is 11. The van der Waals surface area contributed by atoms with E-state index >= 15 is 0 Å². The van der Waals surface area contributed by atoms with Crippen LogP contribution in [0.25, 0.3) is 0 Å². The maximum absolute atomic E-state index is 13.7. The van der Waals surface area contributed by atoms with Crippen molar-refractivity contribution in [2.24, 2.45) is 4.99 Å². The molecule has 2 aromatic carbocycles. The Morgan fingerprint density at radius 2 is 1.80 bits per heavy atom. The fourth-order valence-electron chi connectivity index (χ4n) is 4.12. The lowest BCUT2D eigenvalue weighted by molar-refractivity contribution is -0.00235. The summed E-state index contributed by atoms with van der Waals surface area (Å²) >= 11 is 6.44. The standard InChI is InChI=1S/C31H36ClN5O8S/c1-31(2,3)20-9-12-23(13-10-20)46(39,40)36-27-26(45-25-18-22(41-5)11-14-24(25)32)28(35-29(42-6)37(27)4)43-16-17-44-30(38)34-21-8-7-15-33-19-21/h7-15,18-19,29,36H,16-17H2,1-6H3,(H,34,38). The van der Waals surface area contributed by atoms with Crippen LogP contribution < -0.4 is 19.5 Å². The van der Waals surface area contributed by atoms with Gasteiger partial charge in [-0.05, 0) is 47.4 Å². The van der Waals surface area contributed by atoms with E-state index in [2.05, 4.69) is 20.0 Å². The summed E-state index contributed by atoms with van der Waals surface area (Å²) in [4.78, 5) is 22.0. The maximum Gasteiger partial charge on any atom is 0.411 e. The van der Waals surface area contributed by atoms with E-state index < -0.39 is 22.5 Å². The van der Waals surface area contributed by atoms with Gasteiger partial charge in [-0.15, -0.1) is 0 Å². The Morgan fingerprint density at radius 1 is 1.07 bits per heavy atom. The second-order valence-electron chi connectivity index (χ2n) is 10.9. The van der Waals surface area contributed by atoms with Crippen molar-refractivity contribution in [2.45, 2.75) is 37.4 Å². The first-order chi connectivity index (χ1) is 21.8. The van der Waals surface area contributed by atoms with Crippen LogP contribution in [0.5, 0.6) is 11.5 Å². The lowest BCUT2D eigenvalue weighted by Crippen LogP contribution is -2.45. The van der Waals surface area contributed by atoms with E-state index in [0.717, 1.165) is 5.56 Å². The summed E-state index contributed by atoms with van der Waals surface area (Å²) in [5.74, 6) is 0.259. The summed E-state index contributed by atoms with van der Waals surface area (Å²) in [5.41, 5.74) is 1.25. The molecule has 1 unspecified atom stereocenters. The molecule has 13 nitrogen and oxygen atoms in total. The van der Waals surface area contributed by atoms with Crippen LogP contribution in [0.15, 0.2) is 88.5 Å². The SMILES string of the molecule is COc1ccc(Cl)c(OC2=C(NS(=O)(=O)c3ccc(C(C)(C)C)cc3)N(C)C(OC)N=C2OCCOC(=O)Nc2cccnc2)c1. The van der Waals surface area contributed by atoms with Crippen LogP contribution in [0.4, 0.5) is 10.5 Å². The molecule has 2 heterocycles. The lowest BCUT2D eigenvalue weighted by Gasteiger charge is -2.34. The molecule has 1 aromatic heterocycles. The predicted molar refractivity (Wildman–Crippen MR) is 172 cm³/mol. The number of nitrogens with one attached hydrogen (secondary N) is 2. The van der Waals surface area contributed by atoms with Crippen molar-refractivity contribution in [3.05, 3.63) is 89.2 Å². The summed E-state index contributed by atoms with van der Waals surface area (Å²) in [6, 6.07) is 14.6. The number of hydrogen-bond acceptors (Lipinski definition) is 11. The molecule has 0 bridgehead atoms. The molecule has 3 aromatic rings. The van der Waals surface area contributed by atoms with Gasteiger partial charge >= 0.3 is 6.09 Å². The number of halogens is 1. The van der Waals surface area contributed by atoms with Crippen LogP contribution in [-0.2, 0) is 29.6 Å². The molecular weight excluding hydrogens is 638 g/mol. The van der Waals surface area contributed by atoms with Crippen LogP contribution in [0.2, 0.25) is 5.02 Å². The van der Waals surface area contributed by atoms with E-state index in [1.807, 2.05) is 20.8 Å². The van der Waals surface area contributed by atoms with E-state index in [-0.39, 0.29) is 51.8 Å². The molecule has 4 rings (SSSR count). The molecule has 0 aliphatic carbocycles. The van der Waals surface area contributed by atoms with Crippen LogP contribution in [0.1, 0.15) is 26.3 Å². The molecule has 0 fully saturated rings. The normalized spacial score (nSPS) is 15.2. The van der Waals surface area contributed by atoms with E-state index in [1.54, 1.807) is 49.6 Å². The Morgan fingerprint density at radius 3 is 2.43 bits per heavy atom. The van der Waals surface area contributed by atoms with Gasteiger partial charge in [-0.2, -0.15) is 4.99 Å². The molecule has 0 saturated heterocycles. The van der Waals surface area contributed by atoms with Crippen molar-refractivity contribution < 1.29 is 36.9 Å². The summed E-state index contributed by atoms with van der Waals surface area (Å²) in [5, 5.41) is 2.76. The first-order valence-electron chi connectivity index (χ1n) is 14.0. The second-order valence-corrected chi connectivity index (χ2v) is 13.0. The number of nitrogens with zero attached hydrogens (tertiary/aromatic N) is 3. The fraction of sp³-hybridized carbons (Fsp3) is 0.323. The molecule has 46 heavy (non-hydrogen) atoms. The molecule has 1 aliphatic heterocycles. The minimum absolute atomic E-state index is 0.0205. The number of carbonyl (C=O) groups is 1. The van der Waals surface area contributed by atoms with Crippen molar-refractivity contribution in [3.8, 4) is 11.5 Å². The third-order valence-corrected chi connectivity index (χ3v) is 8.27. The number of amides is 1. The first kappa shape index (κ1) is 34.3. The number of aromatic nitrogens is 1. The Labute approximate surface area is 273 Å². The summed E-state index contributed by atoms with van der Waals surface area (Å²) in [7, 11) is 0.286. The first-order valence-corrected chi connectivity index (χ1v) is 15.9. The topological polar surface area (TPSA) is 150 Å². The smallest absolute Gasteiger partial charge is 0.411 e. The summed E-state index contributed by atoms with van der Waals surface area (Å²) < 4.78 is 58.1. The third-order valence-electron chi connectivity index (χ3n) is 6.61. The highest BCUT2D eigenvalue weighted by Crippen LogP contribution is 2.33. The van der Waals surface area contributed by atoms with E-state index in [0.29, 0.717) is 11.4 Å². The van der Waals surface area contributed by atoms with Crippen molar-refractivity contribution in [1.82, 2.24) is 14.6 Å². The molecule has 0 spiro atoms. The van der Waals surface area contributed by atoms with Crippen molar-refractivity contribution in [1.29, 1.82) is 0 Å². The molecule has 15 heteroatoms. The van der Waals surface area contributed by atoms with Crippen molar-refractivity contribution >= 4 is 39.3 Å². The average molecular weight is 674 g/mol. The van der Waals surface area contributed by atoms with Gasteiger partial charge in [-0.25, -0.2) is 13.2 Å². The Kier molecular flexibility index (Phi) is 11.0. The van der Waals surface area contributed by atoms with Gasteiger partial charge < -0.3 is 28.6 Å². The summed E-state index contributed by atoms with van der Waals surface area (Å²) in [6.45, 7) is 5.75. The highest BCUT2D eigenvalue weighted by atomic mass is 35.5. The molecule has 1 amide bonds. The number of benzene rings is 2. The summed E-state index contributed by atoms with van der Waals surface area (Å²) in [6.07, 6.45) is 1.30. The Balaban J connectivity index is 1.65. The van der Waals surface area contributed by atoms with Gasteiger partial charge in [0.15, 0.2) is 5.82 Å². The van der Waals surface area contributed by atoms with Crippen molar-refractivity contribution in [3.63, 3.8) is 0 Å². The number of carbonyl (C=O) groups excluding carboxylic acids is 1. The highest BCUT2D eigenvalue weighted by molar-refractivity contribution is 7.89. The average Bonchev–Trinajstić information content (AvgIpc) is 3.03. The number of pyridine rings is 1. The minimum Gasteiger partial charge on any atom is -0.497 e. The third kappa shape index (κ3) is 8.59. The zero-order valence-electron chi connectivity index (χ0n) is 26.2. The van der Waals surface area contributed by atoms with Crippen molar-refractivity contribution in [2.75, 3.05) is 39.8 Å². The Hall–Kier alpha value is -4.53. The number of sulfonamides is 1. The van der Waals surface area contributed by atoms with Gasteiger partial charge in [0.25, 0.3) is 15.9 Å². The van der Waals surface area contributed by atoms with E-state index in [9.17, 15) is 13.2 Å². The van der Waals surface area contributed by atoms with Crippen LogP contribution in [-0.4, -0.2) is 71.1 Å². The van der Waals surface area contributed by atoms with Gasteiger partial charge in [0.05, 0.1) is 28.9 Å². The zero-order valence-corrected chi connectivity index (χ0v) is 27.8. The lowest BCUT2D eigenvalue weighted by atomic mass is 9.87. The van der Waals surface area contributed by atoms with Crippen LogP contribution in [0.3, 0.4) is 0 Å². The largest absolute Gasteiger partial charge is 0.497 e. The van der Waals surface area contributed by atoms with Gasteiger partial charge in [0.1, 0.15) is 24.7 Å². The number of aliphatic imine (C=N–C) groups is 1. The molecule has 1 atom stereocenters. The number of methoxy groups -OCH3 is 2. The quantitative estimate of drug-likeness (QED) is 0.263. The molecule has 0 radical (unpaired) electrons. The van der Waals surface area contributed by atoms with Crippen LogP contribution >= 0.6 is 11.6 Å². The zero-order chi connectivity index (χ0) is 33.5. The molecular formula is C31H36ClN5O8S. The fourth-order valence-corrected chi connectivity index (χ4v) is 5.38. The minimum atomic E-state index is -4.16. The number of ether oxygens (including phenoxy) is 5. The van der Waals surface area contributed by atoms with Gasteiger partial charge in [0, 0.05) is 26.4 Å². The van der Waals surface area contributed by atoms with Gasteiger partial charge in [-0.1, -0.05) is 44.5 Å². The molecule has 0 saturated carbocycles. The Bertz CT molecular complexity index is 1690.